The predicted molar refractivity (Wildman–Crippen MR) is 107 cm³/mol. The molecule has 0 aliphatic heterocycles. The molecule has 0 unspecified atom stereocenters. The quantitative estimate of drug-likeness (QED) is 0.359. The molecule has 152 valence electrons. The molecule has 0 fully saturated rings. The first kappa shape index (κ1) is 19.9. The van der Waals surface area contributed by atoms with Gasteiger partial charge in [0.1, 0.15) is 0 Å². The Labute approximate surface area is 171 Å². The smallest absolute Gasteiger partial charge is 0.281 e. The second-order valence-corrected chi connectivity index (χ2v) is 7.25. The summed E-state index contributed by atoms with van der Waals surface area (Å²) in [7, 11) is 0. The third-order valence-corrected chi connectivity index (χ3v) is 5.27. The van der Waals surface area contributed by atoms with E-state index in [2.05, 4.69) is 16.8 Å². The standard InChI is InChI=1S/C20H13F3N4O2S/c1-2-10-26-16(28)14-8-3-4-9-15(14)27-18(26)24-25-19(27)30-17(29)12-6-5-7-13(11-12)20(21,22)23/h2-9,11H,1,10H2. The molecule has 0 radical (unpaired) electrons. The number of fused-ring (bicyclic) bond motifs is 3. The molecule has 0 spiro atoms. The lowest BCUT2D eigenvalue weighted by atomic mass is 10.1. The van der Waals surface area contributed by atoms with Gasteiger partial charge in [0.25, 0.3) is 5.56 Å². The first-order valence-electron chi connectivity index (χ1n) is 8.68. The molecule has 30 heavy (non-hydrogen) atoms. The normalized spacial score (nSPS) is 11.8. The second kappa shape index (κ2) is 7.45. The van der Waals surface area contributed by atoms with Crippen molar-refractivity contribution in [1.29, 1.82) is 0 Å². The van der Waals surface area contributed by atoms with Crippen LogP contribution in [0.15, 0.2) is 71.1 Å². The zero-order valence-electron chi connectivity index (χ0n) is 15.3. The molecule has 6 nitrogen and oxygen atoms in total. The number of benzene rings is 2. The maximum atomic E-state index is 13.0. The molecule has 0 N–H and O–H groups in total. The molecule has 4 aromatic rings. The Morgan fingerprint density at radius 1 is 1.13 bits per heavy atom. The van der Waals surface area contributed by atoms with Crippen LogP contribution in [0.3, 0.4) is 0 Å². The van der Waals surface area contributed by atoms with E-state index in [4.69, 9.17) is 0 Å². The van der Waals surface area contributed by atoms with Crippen molar-refractivity contribution in [3.05, 3.63) is 82.7 Å². The zero-order valence-corrected chi connectivity index (χ0v) is 16.1. The summed E-state index contributed by atoms with van der Waals surface area (Å²) >= 11 is 0.642. The van der Waals surface area contributed by atoms with Crippen molar-refractivity contribution in [3.63, 3.8) is 0 Å². The summed E-state index contributed by atoms with van der Waals surface area (Å²) in [5.41, 5.74) is -0.825. The highest BCUT2D eigenvalue weighted by Crippen LogP contribution is 2.31. The number of hydrogen-bond donors (Lipinski definition) is 0. The van der Waals surface area contributed by atoms with E-state index in [-0.39, 0.29) is 28.6 Å². The maximum absolute atomic E-state index is 13.0. The Balaban J connectivity index is 1.84. The van der Waals surface area contributed by atoms with Gasteiger partial charge >= 0.3 is 6.18 Å². The minimum Gasteiger partial charge on any atom is -0.281 e. The molecule has 0 amide bonds. The average Bonchev–Trinajstić information content (AvgIpc) is 3.14. The third kappa shape index (κ3) is 3.39. The van der Waals surface area contributed by atoms with Gasteiger partial charge in [0, 0.05) is 12.1 Å². The van der Waals surface area contributed by atoms with Crippen LogP contribution < -0.4 is 5.56 Å². The fourth-order valence-electron chi connectivity index (χ4n) is 3.06. The van der Waals surface area contributed by atoms with Crippen molar-refractivity contribution in [2.75, 3.05) is 0 Å². The van der Waals surface area contributed by atoms with Gasteiger partial charge in [-0.05, 0) is 36.0 Å². The Kier molecular flexibility index (Phi) is 4.94. The predicted octanol–water partition coefficient (Wildman–Crippen LogP) is 4.18. The molecule has 2 heterocycles. The van der Waals surface area contributed by atoms with Crippen LogP contribution in [0.25, 0.3) is 16.7 Å². The molecule has 0 aliphatic carbocycles. The number of nitrogens with zero attached hydrogens (tertiary/aromatic N) is 4. The molecule has 0 aliphatic rings. The number of alkyl halides is 3. The van der Waals surface area contributed by atoms with Crippen LogP contribution in [-0.4, -0.2) is 24.3 Å². The first-order valence-corrected chi connectivity index (χ1v) is 9.50. The van der Waals surface area contributed by atoms with Crippen LogP contribution in [0.1, 0.15) is 15.9 Å². The molecule has 0 atom stereocenters. The van der Waals surface area contributed by atoms with Crippen LogP contribution in [0.5, 0.6) is 0 Å². The fourth-order valence-corrected chi connectivity index (χ4v) is 3.82. The van der Waals surface area contributed by atoms with E-state index < -0.39 is 16.9 Å². The summed E-state index contributed by atoms with van der Waals surface area (Å²) in [4.78, 5) is 25.4. The summed E-state index contributed by atoms with van der Waals surface area (Å²) in [6, 6.07) is 10.9. The van der Waals surface area contributed by atoms with Crippen LogP contribution in [-0.2, 0) is 12.7 Å². The molecule has 0 bridgehead atoms. The van der Waals surface area contributed by atoms with Crippen LogP contribution in [0.4, 0.5) is 13.2 Å². The van der Waals surface area contributed by atoms with E-state index in [1.54, 1.807) is 24.3 Å². The van der Waals surface area contributed by atoms with Gasteiger partial charge in [0.05, 0.1) is 16.5 Å². The molecular weight excluding hydrogens is 417 g/mol. The van der Waals surface area contributed by atoms with Crippen molar-refractivity contribution < 1.29 is 18.0 Å². The molecular formula is C20H13F3N4O2S. The Morgan fingerprint density at radius 2 is 1.90 bits per heavy atom. The highest BCUT2D eigenvalue weighted by molar-refractivity contribution is 8.14. The van der Waals surface area contributed by atoms with E-state index in [0.29, 0.717) is 22.7 Å². The van der Waals surface area contributed by atoms with Crippen LogP contribution >= 0.6 is 11.8 Å². The highest BCUT2D eigenvalue weighted by atomic mass is 32.2. The lowest BCUT2D eigenvalue weighted by molar-refractivity contribution is -0.137. The summed E-state index contributed by atoms with van der Waals surface area (Å²) in [5.74, 6) is 0.206. The van der Waals surface area contributed by atoms with Crippen molar-refractivity contribution in [2.24, 2.45) is 0 Å². The molecule has 2 aromatic carbocycles. The number of para-hydroxylation sites is 1. The number of allylic oxidation sites excluding steroid dienone is 1. The summed E-state index contributed by atoms with van der Waals surface area (Å²) in [6.07, 6.45) is -3.02. The van der Waals surface area contributed by atoms with Gasteiger partial charge in [-0.25, -0.2) is 0 Å². The monoisotopic (exact) mass is 430 g/mol. The zero-order chi connectivity index (χ0) is 21.5. The van der Waals surface area contributed by atoms with Crippen molar-refractivity contribution in [2.45, 2.75) is 17.9 Å². The van der Waals surface area contributed by atoms with Gasteiger partial charge in [-0.2, -0.15) is 13.2 Å². The van der Waals surface area contributed by atoms with E-state index >= 15 is 0 Å². The summed E-state index contributed by atoms with van der Waals surface area (Å²) < 4.78 is 41.8. The van der Waals surface area contributed by atoms with E-state index in [1.165, 1.54) is 27.2 Å². The van der Waals surface area contributed by atoms with E-state index in [1.807, 2.05) is 0 Å². The number of carbonyl (C=O) groups excluding carboxylic acids is 1. The Bertz CT molecular complexity index is 1360. The highest BCUT2D eigenvalue weighted by Gasteiger charge is 2.31. The summed E-state index contributed by atoms with van der Waals surface area (Å²) in [5, 5.41) is 7.94. The Hall–Kier alpha value is -3.40. The number of rotatable bonds is 4. The van der Waals surface area contributed by atoms with E-state index in [0.717, 1.165) is 12.1 Å². The summed E-state index contributed by atoms with van der Waals surface area (Å²) in [6.45, 7) is 3.82. The largest absolute Gasteiger partial charge is 0.416 e. The number of carbonyl (C=O) groups is 1. The molecule has 4 rings (SSSR count). The number of aromatic nitrogens is 4. The number of halogens is 3. The lowest BCUT2D eigenvalue weighted by Crippen LogP contribution is -2.22. The van der Waals surface area contributed by atoms with Crippen LogP contribution in [0, 0.1) is 0 Å². The van der Waals surface area contributed by atoms with Gasteiger partial charge in [-0.1, -0.05) is 30.3 Å². The second-order valence-electron chi connectivity index (χ2n) is 6.31. The number of thioether (sulfide) groups is 1. The fraction of sp³-hybridized carbons (Fsp3) is 0.100. The molecule has 0 saturated heterocycles. The van der Waals surface area contributed by atoms with Gasteiger partial charge in [0.15, 0.2) is 0 Å². The lowest BCUT2D eigenvalue weighted by Gasteiger charge is -2.10. The van der Waals surface area contributed by atoms with Crippen molar-refractivity contribution in [3.8, 4) is 0 Å². The van der Waals surface area contributed by atoms with Crippen LogP contribution in [0.2, 0.25) is 0 Å². The van der Waals surface area contributed by atoms with Gasteiger partial charge in [0.2, 0.25) is 16.0 Å². The van der Waals surface area contributed by atoms with Crippen molar-refractivity contribution >= 4 is 33.6 Å². The topological polar surface area (TPSA) is 69.3 Å². The van der Waals surface area contributed by atoms with Gasteiger partial charge in [-0.3, -0.25) is 18.6 Å². The van der Waals surface area contributed by atoms with E-state index in [9.17, 15) is 22.8 Å². The van der Waals surface area contributed by atoms with Gasteiger partial charge < -0.3 is 0 Å². The molecule has 0 saturated carbocycles. The average molecular weight is 430 g/mol. The first-order chi connectivity index (χ1) is 14.3. The maximum Gasteiger partial charge on any atom is 0.416 e. The van der Waals surface area contributed by atoms with Crippen molar-refractivity contribution in [1.82, 2.24) is 19.2 Å². The molecule has 2 aromatic heterocycles. The SMILES string of the molecule is C=CCn1c(=O)c2ccccc2n2c(SC(=O)c3cccc(C(F)(F)F)c3)nnc12. The number of hydrogen-bond acceptors (Lipinski definition) is 5. The Morgan fingerprint density at radius 3 is 2.63 bits per heavy atom. The minimum absolute atomic E-state index is 0.115. The third-order valence-electron chi connectivity index (χ3n) is 4.40. The van der Waals surface area contributed by atoms with Gasteiger partial charge in [-0.15, -0.1) is 16.8 Å². The minimum atomic E-state index is -4.56. The molecule has 10 heteroatoms.